The van der Waals surface area contributed by atoms with Crippen LogP contribution in [0.4, 0.5) is 5.69 Å². The van der Waals surface area contributed by atoms with Gasteiger partial charge in [0.25, 0.3) is 0 Å². The van der Waals surface area contributed by atoms with Crippen LogP contribution in [0.3, 0.4) is 0 Å². The molecule has 0 heterocycles. The summed E-state index contributed by atoms with van der Waals surface area (Å²) in [5, 5.41) is 12.0. The van der Waals surface area contributed by atoms with Crippen molar-refractivity contribution in [2.45, 2.75) is 26.0 Å². The molecular weight excluding hydrogens is 290 g/mol. The van der Waals surface area contributed by atoms with Gasteiger partial charge >= 0.3 is 0 Å². The first kappa shape index (κ1) is 16.4. The number of nitrogens with zero attached hydrogens (tertiary/aromatic N) is 1. The fraction of sp³-hybridized carbons (Fsp3) is 0.222. The van der Waals surface area contributed by atoms with E-state index in [2.05, 4.69) is 11.4 Å². The van der Waals surface area contributed by atoms with Crippen LogP contribution < -0.4 is 15.8 Å². The number of amides is 1. The third-order valence-electron chi connectivity index (χ3n) is 3.41. The number of carbonyl (C=O) groups excluding carboxylic acids is 1. The van der Waals surface area contributed by atoms with E-state index in [-0.39, 0.29) is 11.9 Å². The van der Waals surface area contributed by atoms with Gasteiger partial charge in [0.2, 0.25) is 5.91 Å². The van der Waals surface area contributed by atoms with Crippen LogP contribution in [0.5, 0.6) is 5.75 Å². The number of nitriles is 1. The monoisotopic (exact) mass is 309 g/mol. The summed E-state index contributed by atoms with van der Waals surface area (Å²) >= 11 is 0. The number of anilines is 1. The Bertz CT molecular complexity index is 705. The lowest BCUT2D eigenvalue weighted by Crippen LogP contribution is -2.34. The Balaban J connectivity index is 1.94. The molecule has 2 rings (SSSR count). The van der Waals surface area contributed by atoms with Crippen molar-refractivity contribution in [3.05, 3.63) is 59.7 Å². The normalized spacial score (nSPS) is 11.3. The zero-order chi connectivity index (χ0) is 16.7. The van der Waals surface area contributed by atoms with E-state index in [0.717, 1.165) is 11.3 Å². The van der Waals surface area contributed by atoms with Gasteiger partial charge in [0, 0.05) is 5.69 Å². The summed E-state index contributed by atoms with van der Waals surface area (Å²) in [7, 11) is 0. The van der Waals surface area contributed by atoms with Crippen LogP contribution in [0.1, 0.15) is 24.5 Å². The molecule has 0 unspecified atom stereocenters. The summed E-state index contributed by atoms with van der Waals surface area (Å²) in [6.07, 6.45) is 0.628. The summed E-state index contributed by atoms with van der Waals surface area (Å²) in [4.78, 5) is 11.2. The van der Waals surface area contributed by atoms with E-state index in [1.165, 1.54) is 0 Å². The average Bonchev–Trinajstić information content (AvgIpc) is 2.58. The third-order valence-corrected chi connectivity index (χ3v) is 3.41. The molecule has 3 N–H and O–H groups in total. The van der Waals surface area contributed by atoms with Gasteiger partial charge in [-0.25, -0.2) is 0 Å². The SMILES string of the molecule is CC[C@@H](Nc1ccc(OCc2cccc(C#N)c2)cc1)C(N)=O. The Hall–Kier alpha value is -3.00. The molecule has 1 amide bonds. The van der Waals surface area contributed by atoms with Gasteiger partial charge < -0.3 is 15.8 Å². The molecular formula is C18H19N3O2. The molecule has 0 spiro atoms. The van der Waals surface area contributed by atoms with E-state index >= 15 is 0 Å². The number of carbonyl (C=O) groups is 1. The van der Waals surface area contributed by atoms with Crippen LogP contribution in [0.15, 0.2) is 48.5 Å². The molecule has 0 bridgehead atoms. The summed E-state index contributed by atoms with van der Waals surface area (Å²) in [6.45, 7) is 2.29. The highest BCUT2D eigenvalue weighted by Crippen LogP contribution is 2.18. The number of hydrogen-bond acceptors (Lipinski definition) is 4. The first-order valence-electron chi connectivity index (χ1n) is 7.40. The van der Waals surface area contributed by atoms with E-state index < -0.39 is 0 Å². The molecule has 0 aliphatic carbocycles. The van der Waals surface area contributed by atoms with Gasteiger partial charge in [-0.15, -0.1) is 0 Å². The lowest BCUT2D eigenvalue weighted by molar-refractivity contribution is -0.118. The van der Waals surface area contributed by atoms with E-state index in [4.69, 9.17) is 15.7 Å². The van der Waals surface area contributed by atoms with Gasteiger partial charge in [-0.3, -0.25) is 4.79 Å². The van der Waals surface area contributed by atoms with Crippen molar-refractivity contribution in [1.82, 2.24) is 0 Å². The van der Waals surface area contributed by atoms with Gasteiger partial charge in [-0.2, -0.15) is 5.26 Å². The van der Waals surface area contributed by atoms with Gasteiger partial charge in [-0.05, 0) is 48.4 Å². The van der Waals surface area contributed by atoms with Crippen LogP contribution in [-0.2, 0) is 11.4 Å². The maximum Gasteiger partial charge on any atom is 0.239 e. The molecule has 5 nitrogen and oxygen atoms in total. The Labute approximate surface area is 135 Å². The van der Waals surface area contributed by atoms with Crippen LogP contribution in [0.2, 0.25) is 0 Å². The minimum atomic E-state index is -0.379. The molecule has 2 aromatic rings. The zero-order valence-electron chi connectivity index (χ0n) is 13.0. The van der Waals surface area contributed by atoms with Gasteiger partial charge in [0.15, 0.2) is 0 Å². The third kappa shape index (κ3) is 4.75. The predicted molar refractivity (Wildman–Crippen MR) is 88.8 cm³/mol. The number of benzene rings is 2. The van der Waals surface area contributed by atoms with E-state index in [0.29, 0.717) is 24.3 Å². The lowest BCUT2D eigenvalue weighted by Gasteiger charge is -2.15. The second kappa shape index (κ2) is 7.85. The predicted octanol–water partition coefficient (Wildman–Crippen LogP) is 2.81. The van der Waals surface area contributed by atoms with Crippen molar-refractivity contribution >= 4 is 11.6 Å². The molecule has 23 heavy (non-hydrogen) atoms. The smallest absolute Gasteiger partial charge is 0.239 e. The second-order valence-electron chi connectivity index (χ2n) is 5.13. The summed E-state index contributed by atoms with van der Waals surface area (Å²) < 4.78 is 5.70. The highest BCUT2D eigenvalue weighted by atomic mass is 16.5. The fourth-order valence-electron chi connectivity index (χ4n) is 2.12. The summed E-state index contributed by atoms with van der Waals surface area (Å²) in [5.41, 5.74) is 7.68. The lowest BCUT2D eigenvalue weighted by atomic mass is 10.1. The maximum atomic E-state index is 11.2. The number of ether oxygens (including phenoxy) is 1. The summed E-state index contributed by atoms with van der Waals surface area (Å²) in [6, 6.07) is 16.4. The molecule has 0 aliphatic heterocycles. The Kier molecular flexibility index (Phi) is 5.59. The first-order valence-corrected chi connectivity index (χ1v) is 7.40. The zero-order valence-corrected chi connectivity index (χ0v) is 13.0. The van der Waals surface area contributed by atoms with E-state index in [9.17, 15) is 4.79 Å². The molecule has 0 saturated heterocycles. The molecule has 0 aromatic heterocycles. The number of rotatable bonds is 7. The molecule has 0 fully saturated rings. The van der Waals surface area contributed by atoms with Gasteiger partial charge in [0.1, 0.15) is 18.4 Å². The van der Waals surface area contributed by atoms with Gasteiger partial charge in [0.05, 0.1) is 11.6 Å². The number of hydrogen-bond donors (Lipinski definition) is 2. The Morgan fingerprint density at radius 3 is 2.65 bits per heavy atom. The molecule has 118 valence electrons. The van der Waals surface area contributed by atoms with Crippen molar-refractivity contribution in [3.8, 4) is 11.8 Å². The molecule has 0 aliphatic rings. The highest BCUT2D eigenvalue weighted by Gasteiger charge is 2.11. The van der Waals surface area contributed by atoms with Crippen molar-refractivity contribution < 1.29 is 9.53 Å². The molecule has 0 radical (unpaired) electrons. The van der Waals surface area contributed by atoms with E-state index in [1.54, 1.807) is 12.1 Å². The topological polar surface area (TPSA) is 88.1 Å². The Morgan fingerprint density at radius 1 is 1.30 bits per heavy atom. The quantitative estimate of drug-likeness (QED) is 0.823. The number of nitrogens with one attached hydrogen (secondary N) is 1. The molecule has 5 heteroatoms. The number of nitrogens with two attached hydrogens (primary N) is 1. The van der Waals surface area contributed by atoms with Crippen LogP contribution >= 0.6 is 0 Å². The summed E-state index contributed by atoms with van der Waals surface area (Å²) in [5.74, 6) is 0.343. The first-order chi connectivity index (χ1) is 11.1. The standard InChI is InChI=1S/C18H19N3O2/c1-2-17(18(20)22)21-15-6-8-16(9-7-15)23-12-14-5-3-4-13(10-14)11-19/h3-10,17,21H,2,12H2,1H3,(H2,20,22)/t17-/m1/s1. The maximum absolute atomic E-state index is 11.2. The Morgan fingerprint density at radius 2 is 2.04 bits per heavy atom. The highest BCUT2D eigenvalue weighted by molar-refractivity contribution is 5.82. The van der Waals surface area contributed by atoms with Crippen LogP contribution in [0, 0.1) is 11.3 Å². The van der Waals surface area contributed by atoms with Gasteiger partial charge in [-0.1, -0.05) is 19.1 Å². The minimum Gasteiger partial charge on any atom is -0.489 e. The average molecular weight is 309 g/mol. The van der Waals surface area contributed by atoms with Crippen molar-refractivity contribution in [3.63, 3.8) is 0 Å². The van der Waals surface area contributed by atoms with Crippen molar-refractivity contribution in [2.24, 2.45) is 5.73 Å². The van der Waals surface area contributed by atoms with Crippen LogP contribution in [0.25, 0.3) is 0 Å². The fourth-order valence-corrected chi connectivity index (χ4v) is 2.12. The van der Waals surface area contributed by atoms with E-state index in [1.807, 2.05) is 43.3 Å². The van der Waals surface area contributed by atoms with Crippen molar-refractivity contribution in [1.29, 1.82) is 5.26 Å². The second-order valence-corrected chi connectivity index (χ2v) is 5.13. The molecule has 2 aromatic carbocycles. The molecule has 1 atom stereocenters. The largest absolute Gasteiger partial charge is 0.489 e. The van der Waals surface area contributed by atoms with Crippen LogP contribution in [-0.4, -0.2) is 11.9 Å². The molecule has 0 saturated carbocycles. The number of primary amides is 1. The van der Waals surface area contributed by atoms with Crippen molar-refractivity contribution in [2.75, 3.05) is 5.32 Å². The minimum absolute atomic E-state index is 0.370.